The summed E-state index contributed by atoms with van der Waals surface area (Å²) >= 11 is 0. The van der Waals surface area contributed by atoms with E-state index in [0.717, 1.165) is 19.4 Å². The Balaban J connectivity index is 1.81. The van der Waals surface area contributed by atoms with E-state index in [1.54, 1.807) is 0 Å². The third kappa shape index (κ3) is 3.42. The number of amides is 2. The highest BCUT2D eigenvalue weighted by molar-refractivity contribution is 5.75. The molecule has 1 N–H and O–H groups in total. The van der Waals surface area contributed by atoms with Crippen molar-refractivity contribution < 1.29 is 19.4 Å². The molecule has 0 spiro atoms. The Bertz CT molecular complexity index is 375. The summed E-state index contributed by atoms with van der Waals surface area (Å²) in [5, 5.41) is 8.59. The zero-order valence-corrected chi connectivity index (χ0v) is 12.3. The van der Waals surface area contributed by atoms with Crippen molar-refractivity contribution in [3.63, 3.8) is 0 Å². The summed E-state index contributed by atoms with van der Waals surface area (Å²) in [5.41, 5.74) is -0.0479. The van der Waals surface area contributed by atoms with Gasteiger partial charge >= 0.3 is 12.0 Å². The molecular formula is C14H24N2O4. The van der Waals surface area contributed by atoms with Gasteiger partial charge in [0.05, 0.1) is 6.10 Å². The Morgan fingerprint density at radius 2 is 1.90 bits per heavy atom. The van der Waals surface area contributed by atoms with Crippen LogP contribution in [-0.4, -0.2) is 64.8 Å². The van der Waals surface area contributed by atoms with E-state index in [1.807, 2.05) is 9.80 Å². The van der Waals surface area contributed by atoms with Crippen LogP contribution < -0.4 is 0 Å². The lowest BCUT2D eigenvalue weighted by molar-refractivity contribution is -0.145. The second kappa shape index (κ2) is 5.99. The number of urea groups is 1. The minimum atomic E-state index is -0.942. The molecule has 0 saturated carbocycles. The summed E-state index contributed by atoms with van der Waals surface area (Å²) in [6, 6.07) is 0.115. The molecule has 2 rings (SSSR count). The third-order valence-electron chi connectivity index (χ3n) is 4.29. The molecule has 2 heterocycles. The van der Waals surface area contributed by atoms with Crippen LogP contribution in [0.1, 0.15) is 39.5 Å². The van der Waals surface area contributed by atoms with Crippen LogP contribution in [0, 0.1) is 0 Å². The smallest absolute Gasteiger partial charge is 0.329 e. The van der Waals surface area contributed by atoms with Crippen molar-refractivity contribution in [1.29, 1.82) is 0 Å². The number of hydrogen-bond donors (Lipinski definition) is 1. The molecule has 0 aromatic rings. The molecule has 2 aliphatic heterocycles. The molecule has 0 aromatic heterocycles. The number of carboxylic acids is 1. The van der Waals surface area contributed by atoms with Crippen LogP contribution in [-0.2, 0) is 9.53 Å². The molecule has 6 heteroatoms. The maximum absolute atomic E-state index is 12.5. The number of nitrogens with zero attached hydrogens (tertiary/aromatic N) is 2. The van der Waals surface area contributed by atoms with Crippen LogP contribution in [0.5, 0.6) is 0 Å². The van der Waals surface area contributed by atoms with Crippen LogP contribution in [0.25, 0.3) is 0 Å². The normalized spacial score (nSPS) is 23.1. The minimum Gasteiger partial charge on any atom is -0.480 e. The summed E-state index contributed by atoms with van der Waals surface area (Å²) in [5.74, 6) is -0.942. The van der Waals surface area contributed by atoms with Crippen molar-refractivity contribution in [2.75, 3.05) is 26.2 Å². The molecule has 2 saturated heterocycles. The Morgan fingerprint density at radius 3 is 2.40 bits per heavy atom. The van der Waals surface area contributed by atoms with Crippen LogP contribution in [0.15, 0.2) is 0 Å². The predicted molar refractivity (Wildman–Crippen MR) is 73.6 cm³/mol. The number of carboxylic acid groups (broad SMARTS) is 1. The van der Waals surface area contributed by atoms with Gasteiger partial charge in [-0.2, -0.15) is 0 Å². The van der Waals surface area contributed by atoms with E-state index in [-0.39, 0.29) is 24.3 Å². The summed E-state index contributed by atoms with van der Waals surface area (Å²) < 4.78 is 5.29. The van der Waals surface area contributed by atoms with E-state index in [0.29, 0.717) is 25.9 Å². The molecule has 0 unspecified atom stereocenters. The molecule has 0 atom stereocenters. The van der Waals surface area contributed by atoms with E-state index < -0.39 is 5.97 Å². The molecule has 0 aliphatic carbocycles. The number of rotatable bonds is 3. The molecule has 114 valence electrons. The monoisotopic (exact) mass is 284 g/mol. The number of hydrogen-bond acceptors (Lipinski definition) is 3. The third-order valence-corrected chi connectivity index (χ3v) is 4.29. The Hall–Kier alpha value is -1.30. The molecule has 20 heavy (non-hydrogen) atoms. The number of carbonyl (C=O) groups is 2. The van der Waals surface area contributed by atoms with E-state index in [4.69, 9.17) is 9.84 Å². The lowest BCUT2D eigenvalue weighted by Crippen LogP contribution is -2.52. The quantitative estimate of drug-likeness (QED) is 0.853. The molecule has 0 radical (unpaired) electrons. The molecule has 0 aromatic carbocycles. The van der Waals surface area contributed by atoms with Crippen molar-refractivity contribution in [3.8, 4) is 0 Å². The van der Waals surface area contributed by atoms with E-state index in [9.17, 15) is 9.59 Å². The van der Waals surface area contributed by atoms with E-state index in [1.165, 1.54) is 0 Å². The molecule has 2 amide bonds. The first-order valence-electron chi connectivity index (χ1n) is 7.30. The molecule has 2 fully saturated rings. The maximum Gasteiger partial charge on any atom is 0.329 e. The van der Waals surface area contributed by atoms with Gasteiger partial charge in [-0.15, -0.1) is 0 Å². The first kappa shape index (κ1) is 15.1. The van der Waals surface area contributed by atoms with Crippen LogP contribution >= 0.6 is 0 Å². The maximum atomic E-state index is 12.5. The van der Waals surface area contributed by atoms with Gasteiger partial charge in [0, 0.05) is 25.2 Å². The molecular weight excluding hydrogens is 260 g/mol. The average molecular weight is 284 g/mol. The van der Waals surface area contributed by atoms with Gasteiger partial charge in [-0.05, 0) is 39.5 Å². The first-order valence-corrected chi connectivity index (χ1v) is 7.30. The van der Waals surface area contributed by atoms with Gasteiger partial charge in [0.1, 0.15) is 6.61 Å². The highest BCUT2D eigenvalue weighted by Gasteiger charge is 2.38. The predicted octanol–water partition coefficient (Wildman–Crippen LogP) is 1.55. The molecule has 2 aliphatic rings. The Kier molecular flexibility index (Phi) is 4.52. The summed E-state index contributed by atoms with van der Waals surface area (Å²) in [4.78, 5) is 26.8. The number of likely N-dealkylation sites (tertiary alicyclic amines) is 2. The topological polar surface area (TPSA) is 70.1 Å². The number of piperidine rings is 1. The van der Waals surface area contributed by atoms with Gasteiger partial charge in [-0.1, -0.05) is 0 Å². The summed E-state index contributed by atoms with van der Waals surface area (Å²) in [6.07, 6.45) is 3.51. The van der Waals surface area contributed by atoms with Crippen LogP contribution in [0.4, 0.5) is 4.79 Å². The van der Waals surface area contributed by atoms with Crippen molar-refractivity contribution in [3.05, 3.63) is 0 Å². The van der Waals surface area contributed by atoms with Gasteiger partial charge in [0.2, 0.25) is 0 Å². The lowest BCUT2D eigenvalue weighted by atomic mass is 10.0. The second-order valence-corrected chi connectivity index (χ2v) is 6.24. The van der Waals surface area contributed by atoms with Gasteiger partial charge < -0.3 is 19.6 Å². The van der Waals surface area contributed by atoms with Crippen LogP contribution in [0.3, 0.4) is 0 Å². The fraction of sp³-hybridized carbons (Fsp3) is 0.857. The second-order valence-electron chi connectivity index (χ2n) is 6.24. The lowest BCUT2D eigenvalue weighted by Gasteiger charge is -2.39. The van der Waals surface area contributed by atoms with Gasteiger partial charge in [0.15, 0.2) is 0 Å². The van der Waals surface area contributed by atoms with Gasteiger partial charge in [-0.3, -0.25) is 0 Å². The van der Waals surface area contributed by atoms with Crippen LogP contribution in [0.2, 0.25) is 0 Å². The molecule has 0 bridgehead atoms. The van der Waals surface area contributed by atoms with Crippen molar-refractivity contribution in [1.82, 2.24) is 9.80 Å². The zero-order valence-electron chi connectivity index (χ0n) is 12.3. The average Bonchev–Trinajstić information content (AvgIpc) is 2.76. The molecule has 6 nitrogen and oxygen atoms in total. The Morgan fingerprint density at radius 1 is 1.25 bits per heavy atom. The number of carbonyl (C=O) groups excluding carboxylic acids is 1. The van der Waals surface area contributed by atoms with Crippen molar-refractivity contribution >= 4 is 12.0 Å². The number of ether oxygens (including phenoxy) is 1. The Labute approximate surface area is 119 Å². The zero-order chi connectivity index (χ0) is 14.8. The van der Waals surface area contributed by atoms with Gasteiger partial charge in [0.25, 0.3) is 0 Å². The largest absolute Gasteiger partial charge is 0.480 e. The van der Waals surface area contributed by atoms with Crippen molar-refractivity contribution in [2.45, 2.75) is 51.2 Å². The SMILES string of the molecule is CC1(C)CCCN1C(=O)N1CCC(OCC(=O)O)CC1. The fourth-order valence-corrected chi connectivity index (χ4v) is 3.04. The summed E-state index contributed by atoms with van der Waals surface area (Å²) in [7, 11) is 0. The van der Waals surface area contributed by atoms with E-state index in [2.05, 4.69) is 13.8 Å². The highest BCUT2D eigenvalue weighted by Crippen LogP contribution is 2.30. The van der Waals surface area contributed by atoms with Gasteiger partial charge in [-0.25, -0.2) is 9.59 Å². The highest BCUT2D eigenvalue weighted by atomic mass is 16.5. The minimum absolute atomic E-state index is 0.0401. The first-order chi connectivity index (χ1) is 9.40. The van der Waals surface area contributed by atoms with Crippen molar-refractivity contribution in [2.24, 2.45) is 0 Å². The number of aliphatic carboxylic acids is 1. The standard InChI is InChI=1S/C14H24N2O4/c1-14(2)6-3-7-16(14)13(19)15-8-4-11(5-9-15)20-10-12(17)18/h11H,3-10H2,1-2H3,(H,17,18). The van der Waals surface area contributed by atoms with E-state index >= 15 is 0 Å². The fourth-order valence-electron chi connectivity index (χ4n) is 3.04. The summed E-state index contributed by atoms with van der Waals surface area (Å²) in [6.45, 7) is 6.10.